The number of nitrogens with zero attached hydrogens (tertiary/aromatic N) is 1. The first-order valence-corrected chi connectivity index (χ1v) is 16.3. The molecule has 2 bridgehead atoms. The van der Waals surface area contributed by atoms with Crippen LogP contribution in [0.1, 0.15) is 101 Å². The maximum absolute atomic E-state index is 14.5. The fourth-order valence-corrected chi connectivity index (χ4v) is 11.2. The van der Waals surface area contributed by atoms with Crippen LogP contribution in [-0.2, 0) is 0 Å². The molecule has 40 heavy (non-hydrogen) atoms. The molecule has 4 fully saturated rings. The molecule has 1 aliphatic heterocycles. The van der Waals surface area contributed by atoms with Crippen LogP contribution in [-0.4, -0.2) is 52.2 Å². The molecule has 7 aliphatic rings. The van der Waals surface area contributed by atoms with Gasteiger partial charge in [-0.1, -0.05) is 81.7 Å². The van der Waals surface area contributed by atoms with Gasteiger partial charge in [-0.2, -0.15) is 0 Å². The Morgan fingerprint density at radius 3 is 2.27 bits per heavy atom. The van der Waals surface area contributed by atoms with Crippen molar-refractivity contribution in [3.63, 3.8) is 0 Å². The van der Waals surface area contributed by atoms with E-state index in [-0.39, 0.29) is 39.5 Å². The predicted molar refractivity (Wildman–Crippen MR) is 159 cm³/mol. The lowest BCUT2D eigenvalue weighted by molar-refractivity contribution is -0.176. The van der Waals surface area contributed by atoms with Gasteiger partial charge in [0.25, 0.3) is 0 Å². The number of rotatable bonds is 4. The molecule has 6 aliphatic carbocycles. The van der Waals surface area contributed by atoms with Crippen molar-refractivity contribution in [3.05, 3.63) is 59.7 Å². The molecule has 0 amide bonds. The zero-order valence-corrected chi connectivity index (χ0v) is 24.7. The van der Waals surface area contributed by atoms with Crippen molar-refractivity contribution in [2.24, 2.45) is 33.5 Å². The maximum Gasteiger partial charge on any atom is 0.189 e. The quantitative estimate of drug-likeness (QED) is 0.327. The van der Waals surface area contributed by atoms with Gasteiger partial charge in [0, 0.05) is 33.9 Å². The van der Waals surface area contributed by atoms with Crippen molar-refractivity contribution in [1.82, 2.24) is 4.90 Å². The monoisotopic (exact) mass is 543 g/mol. The molecular formula is C36H49NO3. The van der Waals surface area contributed by atoms with E-state index in [2.05, 4.69) is 37.0 Å². The summed E-state index contributed by atoms with van der Waals surface area (Å²) in [5, 5.41) is 23.5. The van der Waals surface area contributed by atoms with E-state index in [1.54, 1.807) is 0 Å². The highest BCUT2D eigenvalue weighted by molar-refractivity contribution is 6.10. The Kier molecular flexibility index (Phi) is 6.35. The Labute approximate surface area is 240 Å². The third-order valence-corrected chi connectivity index (χ3v) is 13.4. The smallest absolute Gasteiger partial charge is 0.189 e. The highest BCUT2D eigenvalue weighted by Crippen LogP contribution is 2.78. The lowest BCUT2D eigenvalue weighted by Gasteiger charge is -2.71. The van der Waals surface area contributed by atoms with Crippen LogP contribution in [0, 0.1) is 33.5 Å². The molecule has 8 rings (SSSR count). The molecular weight excluding hydrogens is 494 g/mol. The van der Waals surface area contributed by atoms with E-state index in [1.807, 2.05) is 30.3 Å². The minimum atomic E-state index is -0.735. The Morgan fingerprint density at radius 2 is 1.52 bits per heavy atom. The third kappa shape index (κ3) is 3.57. The average Bonchev–Trinajstić information content (AvgIpc) is 3.20. The van der Waals surface area contributed by atoms with Gasteiger partial charge in [-0.25, -0.2) is 0 Å². The highest BCUT2D eigenvalue weighted by atomic mass is 16.3. The standard InChI is InChI=1S/C36H49NO3/c1-32-16-13-27(38)23-34(32)19-20-36(28(24-34)31(39)26-11-7-6-8-12-26)29(32)14-17-33(2)30(36)15-18-35(33,40)25-37-21-9-4-3-5-10-22-37/h6-8,11-12,19-20,24,27,29-30,38,40H,3-5,9-10,13-18,21-23,25H2,1-2H3. The first-order chi connectivity index (χ1) is 19.2. The van der Waals surface area contributed by atoms with Crippen molar-refractivity contribution in [2.75, 3.05) is 19.6 Å². The van der Waals surface area contributed by atoms with E-state index in [9.17, 15) is 15.0 Å². The first-order valence-electron chi connectivity index (χ1n) is 16.3. The summed E-state index contributed by atoms with van der Waals surface area (Å²) in [5.74, 6) is 0.739. The van der Waals surface area contributed by atoms with Crippen LogP contribution in [0.4, 0.5) is 0 Å². The molecule has 2 spiro atoms. The highest BCUT2D eigenvalue weighted by Gasteiger charge is 2.74. The van der Waals surface area contributed by atoms with Crippen LogP contribution in [0.5, 0.6) is 0 Å². The summed E-state index contributed by atoms with van der Waals surface area (Å²) < 4.78 is 0. The molecule has 4 nitrogen and oxygen atoms in total. The molecule has 2 N–H and O–H groups in total. The van der Waals surface area contributed by atoms with Gasteiger partial charge in [0.1, 0.15) is 0 Å². The van der Waals surface area contributed by atoms with Gasteiger partial charge >= 0.3 is 0 Å². The van der Waals surface area contributed by atoms with E-state index in [0.717, 1.165) is 69.3 Å². The molecule has 0 radical (unpaired) electrons. The van der Waals surface area contributed by atoms with Crippen molar-refractivity contribution in [1.29, 1.82) is 0 Å². The number of aliphatic hydroxyl groups excluding tert-OH is 1. The van der Waals surface area contributed by atoms with Crippen LogP contribution < -0.4 is 0 Å². The average molecular weight is 544 g/mol. The normalized spacial score (nSPS) is 46.5. The van der Waals surface area contributed by atoms with Crippen LogP contribution in [0.15, 0.2) is 54.1 Å². The zero-order valence-electron chi connectivity index (χ0n) is 24.7. The Balaban J connectivity index is 1.32. The third-order valence-electron chi connectivity index (χ3n) is 13.4. The fourth-order valence-electron chi connectivity index (χ4n) is 11.2. The van der Waals surface area contributed by atoms with Crippen molar-refractivity contribution in [3.8, 4) is 0 Å². The first kappa shape index (κ1) is 27.1. The van der Waals surface area contributed by atoms with Crippen molar-refractivity contribution >= 4 is 5.78 Å². The van der Waals surface area contributed by atoms with E-state index >= 15 is 0 Å². The topological polar surface area (TPSA) is 60.8 Å². The van der Waals surface area contributed by atoms with Gasteiger partial charge in [0.15, 0.2) is 5.78 Å². The summed E-state index contributed by atoms with van der Waals surface area (Å²) in [6.07, 6.45) is 19.7. The van der Waals surface area contributed by atoms with Gasteiger partial charge in [-0.15, -0.1) is 0 Å². The molecule has 1 aromatic rings. The molecule has 0 aromatic heterocycles. The van der Waals surface area contributed by atoms with Crippen molar-refractivity contribution in [2.45, 2.75) is 103 Å². The number of benzene rings is 1. The van der Waals surface area contributed by atoms with Gasteiger partial charge < -0.3 is 15.1 Å². The number of fused-ring (bicyclic) bond motifs is 1. The van der Waals surface area contributed by atoms with Crippen LogP contribution in [0.25, 0.3) is 0 Å². The summed E-state index contributed by atoms with van der Waals surface area (Å²) in [6, 6.07) is 9.83. The molecule has 216 valence electrons. The number of likely N-dealkylation sites (tertiary alicyclic amines) is 1. The SMILES string of the molecule is CC12CCC(O)CC13C=CC1(C(C(=O)c4ccccc4)=C3)C2CCC2(C)C1CCC2(O)CN1CCCCCCC1. The summed E-state index contributed by atoms with van der Waals surface area (Å²) in [5.41, 5.74) is 0.133. The lowest BCUT2D eigenvalue weighted by Crippen LogP contribution is -2.67. The molecule has 8 atom stereocenters. The number of hydrogen-bond donors (Lipinski definition) is 2. The van der Waals surface area contributed by atoms with Crippen LogP contribution in [0.3, 0.4) is 0 Å². The molecule has 1 heterocycles. The molecule has 8 unspecified atom stereocenters. The summed E-state index contributed by atoms with van der Waals surface area (Å²) in [6.45, 7) is 7.80. The van der Waals surface area contributed by atoms with Gasteiger partial charge in [0.2, 0.25) is 0 Å². The van der Waals surface area contributed by atoms with E-state index in [0.29, 0.717) is 12.3 Å². The maximum atomic E-state index is 14.5. The summed E-state index contributed by atoms with van der Waals surface area (Å²) in [7, 11) is 0. The van der Waals surface area contributed by atoms with Crippen molar-refractivity contribution < 1.29 is 15.0 Å². The molecule has 1 saturated heterocycles. The van der Waals surface area contributed by atoms with Crippen LogP contribution >= 0.6 is 0 Å². The zero-order chi connectivity index (χ0) is 27.8. The minimum Gasteiger partial charge on any atom is -0.393 e. The number of β-amino-alcohol motifs (C(OH)–C–C–N with tert-alkyl or cyclic N) is 1. The second-order valence-corrected chi connectivity index (χ2v) is 15.0. The minimum absolute atomic E-state index is 0.0204. The second-order valence-electron chi connectivity index (χ2n) is 15.0. The predicted octanol–water partition coefficient (Wildman–Crippen LogP) is 6.73. The number of ketones is 1. The molecule has 1 aromatic carbocycles. The Hall–Kier alpha value is -1.75. The van der Waals surface area contributed by atoms with E-state index < -0.39 is 5.60 Å². The number of hydrogen-bond acceptors (Lipinski definition) is 4. The number of aliphatic hydroxyl groups is 2. The summed E-state index contributed by atoms with van der Waals surface area (Å²) in [4.78, 5) is 17.1. The van der Waals surface area contributed by atoms with E-state index in [1.165, 1.54) is 32.1 Å². The van der Waals surface area contributed by atoms with Gasteiger partial charge in [-0.05, 0) is 88.1 Å². The lowest BCUT2D eigenvalue weighted by atomic mass is 9.32. The fraction of sp³-hybridized carbons (Fsp3) is 0.694. The number of allylic oxidation sites excluding steroid dienone is 4. The Bertz CT molecular complexity index is 1220. The van der Waals surface area contributed by atoms with Crippen LogP contribution in [0.2, 0.25) is 0 Å². The van der Waals surface area contributed by atoms with Gasteiger partial charge in [-0.3, -0.25) is 4.79 Å². The number of carbonyl (C=O) groups excluding carboxylic acids is 1. The molecule has 3 saturated carbocycles. The largest absolute Gasteiger partial charge is 0.393 e. The summed E-state index contributed by atoms with van der Waals surface area (Å²) >= 11 is 0. The number of Topliss-reactive ketones (excluding diaryl/α,β-unsaturated/α-hetero) is 1. The van der Waals surface area contributed by atoms with E-state index in [4.69, 9.17) is 0 Å². The Morgan fingerprint density at radius 1 is 0.875 bits per heavy atom. The number of carbonyl (C=O) groups is 1. The second kappa shape index (κ2) is 9.38. The van der Waals surface area contributed by atoms with Gasteiger partial charge in [0.05, 0.1) is 11.7 Å². The molecule has 4 heteroatoms.